The average molecular weight is 399 g/mol. The van der Waals surface area contributed by atoms with Crippen LogP contribution in [0.1, 0.15) is 42.4 Å². The van der Waals surface area contributed by atoms with Gasteiger partial charge in [-0.15, -0.1) is 0 Å². The summed E-state index contributed by atoms with van der Waals surface area (Å²) in [6.45, 7) is 2.65. The van der Waals surface area contributed by atoms with Crippen LogP contribution in [0.15, 0.2) is 66.9 Å². The van der Waals surface area contributed by atoms with Crippen LogP contribution >= 0.6 is 0 Å². The number of aryl methyl sites for hydroxylation is 1. The van der Waals surface area contributed by atoms with Gasteiger partial charge in [-0.1, -0.05) is 36.4 Å². The van der Waals surface area contributed by atoms with Crippen LogP contribution in [0.2, 0.25) is 0 Å². The number of nitrogens with one attached hydrogen (secondary N) is 1. The van der Waals surface area contributed by atoms with Crippen molar-refractivity contribution < 1.29 is 4.79 Å². The summed E-state index contributed by atoms with van der Waals surface area (Å²) in [5.74, 6) is 2.08. The van der Waals surface area contributed by atoms with Crippen LogP contribution in [0.3, 0.4) is 0 Å². The van der Waals surface area contributed by atoms with Crippen LogP contribution in [0.4, 0.5) is 11.6 Å². The molecule has 0 aliphatic carbocycles. The monoisotopic (exact) mass is 399 g/mol. The van der Waals surface area contributed by atoms with Gasteiger partial charge in [0, 0.05) is 30.6 Å². The lowest BCUT2D eigenvalue weighted by Crippen LogP contribution is -2.38. The lowest BCUT2D eigenvalue weighted by Gasteiger charge is -2.34. The zero-order valence-electron chi connectivity index (χ0n) is 17.0. The summed E-state index contributed by atoms with van der Waals surface area (Å²) < 4.78 is 0. The van der Waals surface area contributed by atoms with Gasteiger partial charge in [-0.3, -0.25) is 4.79 Å². The number of pyridine rings is 1. The smallest absolute Gasteiger partial charge is 0.247 e. The normalized spacial score (nSPS) is 16.6. The second kappa shape index (κ2) is 9.31. The molecule has 1 aliphatic heterocycles. The second-order valence-corrected chi connectivity index (χ2v) is 7.38. The zero-order valence-corrected chi connectivity index (χ0v) is 17.0. The molecule has 0 bridgehead atoms. The number of benzene rings is 1. The van der Waals surface area contributed by atoms with Crippen LogP contribution in [-0.4, -0.2) is 32.3 Å². The number of hydrogen-bond donors (Lipinski definition) is 1. The maximum Gasteiger partial charge on any atom is 0.247 e. The number of hydrogen-bond acceptors (Lipinski definition) is 5. The van der Waals surface area contributed by atoms with Crippen molar-refractivity contribution in [1.29, 1.82) is 0 Å². The number of nitrogens with zero attached hydrogens (tertiary/aromatic N) is 4. The third-order valence-corrected chi connectivity index (χ3v) is 5.09. The molecule has 3 aromatic rings. The number of aromatic nitrogens is 3. The number of rotatable bonds is 5. The van der Waals surface area contributed by atoms with Gasteiger partial charge in [0.25, 0.3) is 0 Å². The molecule has 1 aromatic carbocycles. The van der Waals surface area contributed by atoms with E-state index in [1.54, 1.807) is 12.3 Å². The highest BCUT2D eigenvalue weighted by Gasteiger charge is 2.29. The molecule has 1 unspecified atom stereocenters. The Morgan fingerprint density at radius 2 is 1.90 bits per heavy atom. The largest absolute Gasteiger partial charge is 0.329 e. The summed E-state index contributed by atoms with van der Waals surface area (Å²) in [5, 5.41) is 3.24. The third-order valence-electron chi connectivity index (χ3n) is 5.09. The first-order valence-electron chi connectivity index (χ1n) is 10.3. The van der Waals surface area contributed by atoms with E-state index in [1.807, 2.05) is 72.5 Å². The van der Waals surface area contributed by atoms with E-state index >= 15 is 0 Å². The minimum absolute atomic E-state index is 0.00658. The second-order valence-electron chi connectivity index (χ2n) is 7.38. The summed E-state index contributed by atoms with van der Waals surface area (Å²) in [5.41, 5.74) is 1.87. The molecule has 1 saturated heterocycles. The highest BCUT2D eigenvalue weighted by molar-refractivity contribution is 5.92. The average Bonchev–Trinajstić information content (AvgIpc) is 2.78. The summed E-state index contributed by atoms with van der Waals surface area (Å²) in [4.78, 5) is 28.5. The molecular formula is C24H25N5O. The van der Waals surface area contributed by atoms with E-state index in [4.69, 9.17) is 4.98 Å². The fourth-order valence-electron chi connectivity index (χ4n) is 3.66. The van der Waals surface area contributed by atoms with E-state index in [2.05, 4.69) is 15.3 Å². The van der Waals surface area contributed by atoms with E-state index in [9.17, 15) is 4.79 Å². The Labute approximate surface area is 176 Å². The van der Waals surface area contributed by atoms with Crippen molar-refractivity contribution in [2.45, 2.75) is 32.2 Å². The van der Waals surface area contributed by atoms with E-state index in [-0.39, 0.29) is 11.9 Å². The Bertz CT molecular complexity index is 1020. The molecule has 4 rings (SSSR count). The van der Waals surface area contributed by atoms with Crippen LogP contribution in [-0.2, 0) is 4.79 Å². The van der Waals surface area contributed by atoms with E-state index in [1.165, 1.54) is 0 Å². The minimum atomic E-state index is -0.129. The summed E-state index contributed by atoms with van der Waals surface area (Å²) in [6, 6.07) is 17.3. The summed E-state index contributed by atoms with van der Waals surface area (Å²) >= 11 is 0. The molecule has 6 nitrogen and oxygen atoms in total. The first-order chi connectivity index (χ1) is 14.7. The van der Waals surface area contributed by atoms with Crippen molar-refractivity contribution in [3.63, 3.8) is 0 Å². The van der Waals surface area contributed by atoms with Gasteiger partial charge >= 0.3 is 0 Å². The number of piperidine rings is 1. The summed E-state index contributed by atoms with van der Waals surface area (Å²) in [7, 11) is 0. The minimum Gasteiger partial charge on any atom is -0.329 e. The Morgan fingerprint density at radius 3 is 2.70 bits per heavy atom. The van der Waals surface area contributed by atoms with Crippen molar-refractivity contribution in [2.24, 2.45) is 0 Å². The molecule has 2 aromatic heterocycles. The highest BCUT2D eigenvalue weighted by atomic mass is 16.2. The first-order valence-corrected chi connectivity index (χ1v) is 10.3. The molecule has 0 spiro atoms. The Morgan fingerprint density at radius 1 is 1.07 bits per heavy atom. The van der Waals surface area contributed by atoms with Gasteiger partial charge in [0.1, 0.15) is 11.6 Å². The molecule has 1 fully saturated rings. The van der Waals surface area contributed by atoms with Crippen LogP contribution in [0.5, 0.6) is 0 Å². The Hall–Kier alpha value is -3.54. The van der Waals surface area contributed by atoms with Gasteiger partial charge in [-0.2, -0.15) is 0 Å². The molecule has 1 amide bonds. The maximum absolute atomic E-state index is 13.0. The fraction of sp³-hybridized carbons (Fsp3) is 0.250. The van der Waals surface area contributed by atoms with E-state index in [0.29, 0.717) is 18.2 Å². The number of carbonyl (C=O) groups is 1. The van der Waals surface area contributed by atoms with Crippen molar-refractivity contribution in [3.8, 4) is 0 Å². The lowest BCUT2D eigenvalue weighted by molar-refractivity contribution is -0.129. The zero-order chi connectivity index (χ0) is 20.8. The Kier molecular flexibility index (Phi) is 6.13. The molecule has 1 aliphatic rings. The number of likely N-dealkylation sites (tertiary alicyclic amines) is 1. The predicted octanol–water partition coefficient (Wildman–Crippen LogP) is 4.69. The molecule has 0 saturated carbocycles. The highest BCUT2D eigenvalue weighted by Crippen LogP contribution is 2.30. The van der Waals surface area contributed by atoms with Crippen molar-refractivity contribution >= 4 is 23.6 Å². The first kappa shape index (κ1) is 19.8. The molecule has 1 N–H and O–H groups in total. The van der Waals surface area contributed by atoms with E-state index in [0.717, 1.165) is 36.3 Å². The molecule has 0 radical (unpaired) electrons. The maximum atomic E-state index is 13.0. The van der Waals surface area contributed by atoms with Crippen molar-refractivity contribution in [1.82, 2.24) is 19.9 Å². The molecule has 1 atom stereocenters. The lowest BCUT2D eigenvalue weighted by atomic mass is 10.0. The Balaban J connectivity index is 1.56. The molecule has 3 heterocycles. The molecule has 152 valence electrons. The molecule has 30 heavy (non-hydrogen) atoms. The topological polar surface area (TPSA) is 71.0 Å². The van der Waals surface area contributed by atoms with Gasteiger partial charge in [0.05, 0.1) is 6.04 Å². The van der Waals surface area contributed by atoms with Gasteiger partial charge in [0.15, 0.2) is 5.82 Å². The molecular weight excluding hydrogens is 374 g/mol. The summed E-state index contributed by atoms with van der Waals surface area (Å²) in [6.07, 6.45) is 8.15. The SMILES string of the molecule is Cc1cc(Nc2ccccn2)nc(C2CCCCN2C(=O)C=Cc2ccccc2)n1. The van der Waals surface area contributed by atoms with Crippen molar-refractivity contribution in [2.75, 3.05) is 11.9 Å². The number of carbonyl (C=O) groups excluding carboxylic acids is 1. The van der Waals surface area contributed by atoms with Crippen molar-refractivity contribution in [3.05, 3.63) is 84.0 Å². The number of amides is 1. The van der Waals surface area contributed by atoms with Crippen LogP contribution in [0, 0.1) is 6.92 Å². The van der Waals surface area contributed by atoms with Gasteiger partial charge in [-0.25, -0.2) is 15.0 Å². The van der Waals surface area contributed by atoms with Crippen LogP contribution < -0.4 is 5.32 Å². The third kappa shape index (κ3) is 4.89. The number of anilines is 2. The fourth-order valence-corrected chi connectivity index (χ4v) is 3.66. The van der Waals surface area contributed by atoms with Gasteiger partial charge in [-0.05, 0) is 50.0 Å². The van der Waals surface area contributed by atoms with Gasteiger partial charge in [0.2, 0.25) is 5.91 Å². The predicted molar refractivity (Wildman–Crippen MR) is 118 cm³/mol. The van der Waals surface area contributed by atoms with Crippen LogP contribution in [0.25, 0.3) is 6.08 Å². The quantitative estimate of drug-likeness (QED) is 0.630. The van der Waals surface area contributed by atoms with E-state index < -0.39 is 0 Å². The molecule has 6 heteroatoms. The standard InChI is InChI=1S/C24H25N5O/c1-18-17-22(27-21-12-5-7-15-25-21)28-24(26-18)20-11-6-8-16-29(20)23(30)14-13-19-9-3-2-4-10-19/h2-5,7,9-10,12-15,17,20H,6,8,11,16H2,1H3,(H,25,26,27,28). The van der Waals surface area contributed by atoms with Gasteiger partial charge < -0.3 is 10.2 Å².